The fraction of sp³-hybridized carbons (Fsp3) is 0.625. The van der Waals surface area contributed by atoms with E-state index in [0.29, 0.717) is 17.9 Å². The molecule has 1 aromatic rings. The Morgan fingerprint density at radius 3 is 2.35 bits per heavy atom. The molecule has 1 N–H and O–H groups in total. The molecule has 4 heteroatoms. The molecule has 0 aromatic heterocycles. The van der Waals surface area contributed by atoms with E-state index in [1.165, 1.54) is 18.6 Å². The van der Waals surface area contributed by atoms with Gasteiger partial charge in [0, 0.05) is 6.04 Å². The molecule has 1 aromatic carbocycles. The molecule has 2 rings (SSSR count). The summed E-state index contributed by atoms with van der Waals surface area (Å²) in [5.74, 6) is 1.22. The first-order valence-corrected chi connectivity index (χ1v) is 7.23. The molecule has 1 aliphatic rings. The normalized spacial score (nSPS) is 27.6. The van der Waals surface area contributed by atoms with Gasteiger partial charge in [0.05, 0.1) is 5.56 Å². The predicted molar refractivity (Wildman–Crippen MR) is 74.5 cm³/mol. The van der Waals surface area contributed by atoms with E-state index in [-0.39, 0.29) is 0 Å². The fourth-order valence-electron chi connectivity index (χ4n) is 3.24. The number of hydrogen-bond donors (Lipinski definition) is 1. The van der Waals surface area contributed by atoms with Crippen molar-refractivity contribution >= 4 is 0 Å². The lowest BCUT2D eigenvalue weighted by Crippen LogP contribution is -2.39. The van der Waals surface area contributed by atoms with Crippen molar-refractivity contribution in [2.24, 2.45) is 11.8 Å². The van der Waals surface area contributed by atoms with E-state index < -0.39 is 11.7 Å². The quantitative estimate of drug-likeness (QED) is 0.874. The van der Waals surface area contributed by atoms with Crippen LogP contribution in [-0.2, 0) is 12.6 Å². The van der Waals surface area contributed by atoms with Crippen LogP contribution >= 0.6 is 0 Å². The van der Waals surface area contributed by atoms with Crippen molar-refractivity contribution < 1.29 is 13.2 Å². The first-order chi connectivity index (χ1) is 9.40. The molecular weight excluding hydrogens is 263 g/mol. The average Bonchev–Trinajstić information content (AvgIpc) is 2.38. The first kappa shape index (κ1) is 15.4. The third kappa shape index (κ3) is 3.75. The van der Waals surface area contributed by atoms with Gasteiger partial charge in [0.25, 0.3) is 0 Å². The van der Waals surface area contributed by atoms with Crippen molar-refractivity contribution in [3.8, 4) is 0 Å². The Labute approximate surface area is 118 Å². The standard InChI is InChI=1S/C16H22F3N/c1-11-3-8-15(20-2)13(9-11)10-12-4-6-14(7-5-12)16(17,18)19/h4-7,11,13,15,20H,3,8-10H2,1-2H3. The van der Waals surface area contributed by atoms with Crippen LogP contribution in [0, 0.1) is 11.8 Å². The van der Waals surface area contributed by atoms with E-state index >= 15 is 0 Å². The molecule has 1 fully saturated rings. The molecule has 1 aliphatic carbocycles. The molecule has 1 saturated carbocycles. The number of alkyl halides is 3. The number of rotatable bonds is 3. The molecule has 0 saturated heterocycles. The summed E-state index contributed by atoms with van der Waals surface area (Å²) >= 11 is 0. The summed E-state index contributed by atoms with van der Waals surface area (Å²) in [6, 6.07) is 6.10. The Hall–Kier alpha value is -1.03. The van der Waals surface area contributed by atoms with E-state index in [1.807, 2.05) is 7.05 Å². The maximum Gasteiger partial charge on any atom is 0.416 e. The number of halogens is 3. The van der Waals surface area contributed by atoms with E-state index in [0.717, 1.165) is 24.8 Å². The van der Waals surface area contributed by atoms with Gasteiger partial charge in [-0.05, 0) is 62.3 Å². The molecule has 3 atom stereocenters. The van der Waals surface area contributed by atoms with Crippen molar-refractivity contribution in [2.75, 3.05) is 7.05 Å². The summed E-state index contributed by atoms with van der Waals surface area (Å²) in [5.41, 5.74) is 0.431. The van der Waals surface area contributed by atoms with Crippen molar-refractivity contribution in [2.45, 2.75) is 44.8 Å². The Morgan fingerprint density at radius 1 is 1.15 bits per heavy atom. The zero-order valence-electron chi connectivity index (χ0n) is 12.0. The Morgan fingerprint density at radius 2 is 1.80 bits per heavy atom. The average molecular weight is 285 g/mol. The lowest BCUT2D eigenvalue weighted by molar-refractivity contribution is -0.137. The number of hydrogen-bond acceptors (Lipinski definition) is 1. The monoisotopic (exact) mass is 285 g/mol. The second-order valence-electron chi connectivity index (χ2n) is 5.97. The predicted octanol–water partition coefficient (Wildman–Crippen LogP) is 4.27. The van der Waals surface area contributed by atoms with Crippen LogP contribution in [0.5, 0.6) is 0 Å². The second kappa shape index (κ2) is 6.17. The van der Waals surface area contributed by atoms with Crippen molar-refractivity contribution in [1.82, 2.24) is 5.32 Å². The van der Waals surface area contributed by atoms with Crippen molar-refractivity contribution in [3.05, 3.63) is 35.4 Å². The van der Waals surface area contributed by atoms with E-state index in [1.54, 1.807) is 12.1 Å². The summed E-state index contributed by atoms with van der Waals surface area (Å²) in [6.45, 7) is 2.26. The van der Waals surface area contributed by atoms with Gasteiger partial charge in [0.1, 0.15) is 0 Å². The smallest absolute Gasteiger partial charge is 0.317 e. The third-order valence-electron chi connectivity index (χ3n) is 4.39. The van der Waals surface area contributed by atoms with Crippen LogP contribution in [0.3, 0.4) is 0 Å². The SMILES string of the molecule is CNC1CCC(C)CC1Cc1ccc(C(F)(F)F)cc1. The van der Waals surface area contributed by atoms with Crippen molar-refractivity contribution in [3.63, 3.8) is 0 Å². The third-order valence-corrected chi connectivity index (χ3v) is 4.39. The highest BCUT2D eigenvalue weighted by Gasteiger charge is 2.31. The van der Waals surface area contributed by atoms with Crippen LogP contribution in [0.1, 0.15) is 37.3 Å². The van der Waals surface area contributed by atoms with Crippen molar-refractivity contribution in [1.29, 1.82) is 0 Å². The summed E-state index contributed by atoms with van der Waals surface area (Å²) in [5, 5.41) is 3.35. The maximum absolute atomic E-state index is 12.5. The molecule has 3 unspecified atom stereocenters. The molecule has 1 nitrogen and oxygen atoms in total. The number of nitrogens with one attached hydrogen (secondary N) is 1. The van der Waals surface area contributed by atoms with Gasteiger partial charge in [-0.25, -0.2) is 0 Å². The van der Waals surface area contributed by atoms with Crippen LogP contribution in [-0.4, -0.2) is 13.1 Å². The summed E-state index contributed by atoms with van der Waals surface area (Å²) in [7, 11) is 1.97. The molecule has 0 heterocycles. The highest BCUT2D eigenvalue weighted by molar-refractivity contribution is 5.25. The lowest BCUT2D eigenvalue weighted by Gasteiger charge is -2.35. The highest BCUT2D eigenvalue weighted by Crippen LogP contribution is 2.33. The zero-order valence-corrected chi connectivity index (χ0v) is 12.0. The first-order valence-electron chi connectivity index (χ1n) is 7.23. The fourth-order valence-corrected chi connectivity index (χ4v) is 3.24. The Balaban J connectivity index is 2.05. The number of benzene rings is 1. The van der Waals surface area contributed by atoms with Crippen LogP contribution in [0.4, 0.5) is 13.2 Å². The highest BCUT2D eigenvalue weighted by atomic mass is 19.4. The largest absolute Gasteiger partial charge is 0.416 e. The van der Waals surface area contributed by atoms with Crippen LogP contribution in [0.15, 0.2) is 24.3 Å². The molecule has 0 radical (unpaired) electrons. The summed E-state index contributed by atoms with van der Waals surface area (Å²) in [6.07, 6.45) is 0.143. The van der Waals surface area contributed by atoms with Gasteiger partial charge in [-0.1, -0.05) is 19.1 Å². The topological polar surface area (TPSA) is 12.0 Å². The summed E-state index contributed by atoms with van der Waals surface area (Å²) < 4.78 is 37.6. The van der Waals surface area contributed by atoms with Gasteiger partial charge in [-0.15, -0.1) is 0 Å². The van der Waals surface area contributed by atoms with Gasteiger partial charge in [-0.2, -0.15) is 13.2 Å². The summed E-state index contributed by atoms with van der Waals surface area (Å²) in [4.78, 5) is 0. The molecule has 0 amide bonds. The lowest BCUT2D eigenvalue weighted by atomic mass is 9.76. The van der Waals surface area contributed by atoms with Crippen LogP contribution in [0.2, 0.25) is 0 Å². The van der Waals surface area contributed by atoms with Gasteiger partial charge in [0.15, 0.2) is 0 Å². The van der Waals surface area contributed by atoms with Crippen LogP contribution in [0.25, 0.3) is 0 Å². The van der Waals surface area contributed by atoms with E-state index in [4.69, 9.17) is 0 Å². The Bertz CT molecular complexity index is 424. The van der Waals surface area contributed by atoms with Gasteiger partial charge in [0.2, 0.25) is 0 Å². The van der Waals surface area contributed by atoms with Gasteiger partial charge < -0.3 is 5.32 Å². The van der Waals surface area contributed by atoms with Gasteiger partial charge in [-0.3, -0.25) is 0 Å². The molecule has 0 aliphatic heterocycles. The minimum absolute atomic E-state index is 0.480. The van der Waals surface area contributed by atoms with Crippen LogP contribution < -0.4 is 5.32 Å². The molecule has 0 bridgehead atoms. The minimum atomic E-state index is -4.24. The Kier molecular flexibility index (Phi) is 4.74. The molecule has 0 spiro atoms. The minimum Gasteiger partial charge on any atom is -0.317 e. The van der Waals surface area contributed by atoms with Gasteiger partial charge >= 0.3 is 6.18 Å². The maximum atomic E-state index is 12.5. The zero-order chi connectivity index (χ0) is 14.8. The second-order valence-corrected chi connectivity index (χ2v) is 5.97. The molecule has 112 valence electrons. The van der Waals surface area contributed by atoms with E-state index in [2.05, 4.69) is 12.2 Å². The van der Waals surface area contributed by atoms with E-state index in [9.17, 15) is 13.2 Å². The molecular formula is C16H22F3N. The molecule has 20 heavy (non-hydrogen) atoms.